The Bertz CT molecular complexity index is 1150. The molecule has 1 aromatic carbocycles. The Kier molecular flexibility index (Phi) is 3.94. The Labute approximate surface area is 156 Å². The Balaban J connectivity index is 1.84. The van der Waals surface area contributed by atoms with Crippen molar-refractivity contribution in [3.63, 3.8) is 0 Å². The third-order valence-corrected chi connectivity index (χ3v) is 4.40. The van der Waals surface area contributed by atoms with Crippen LogP contribution in [0.1, 0.15) is 11.3 Å². The number of anilines is 1. The smallest absolute Gasteiger partial charge is 0.142 e. The standard InChI is InChI=1S/C20H17N7/c1-13-18(12-26(2)25-13)19-10-16(17(11-21)20(22)24-19)14-4-6-15(7-5-14)27-9-3-8-23-27/h3-10,12H,1-2H3,(H2,22,24). The number of hydrogen-bond donors (Lipinski definition) is 1. The molecule has 27 heavy (non-hydrogen) atoms. The van der Waals surface area contributed by atoms with Crippen LogP contribution in [0, 0.1) is 18.3 Å². The molecule has 7 nitrogen and oxygen atoms in total. The van der Waals surface area contributed by atoms with Gasteiger partial charge < -0.3 is 5.73 Å². The van der Waals surface area contributed by atoms with Crippen molar-refractivity contribution in [1.82, 2.24) is 24.5 Å². The number of nitriles is 1. The first-order chi connectivity index (χ1) is 13.1. The number of aryl methyl sites for hydroxylation is 2. The van der Waals surface area contributed by atoms with Crippen molar-refractivity contribution in [3.8, 4) is 34.1 Å². The Morgan fingerprint density at radius 2 is 1.93 bits per heavy atom. The van der Waals surface area contributed by atoms with Crippen molar-refractivity contribution in [2.24, 2.45) is 7.05 Å². The van der Waals surface area contributed by atoms with E-state index in [-0.39, 0.29) is 5.82 Å². The fraction of sp³-hybridized carbons (Fsp3) is 0.100. The molecule has 0 unspecified atom stereocenters. The lowest BCUT2D eigenvalue weighted by atomic mass is 9.98. The van der Waals surface area contributed by atoms with Crippen LogP contribution in [0.3, 0.4) is 0 Å². The maximum absolute atomic E-state index is 9.58. The maximum Gasteiger partial charge on any atom is 0.142 e. The van der Waals surface area contributed by atoms with Crippen molar-refractivity contribution in [3.05, 3.63) is 66.2 Å². The first kappa shape index (κ1) is 16.5. The quantitative estimate of drug-likeness (QED) is 0.609. The van der Waals surface area contributed by atoms with Gasteiger partial charge in [-0.2, -0.15) is 15.5 Å². The van der Waals surface area contributed by atoms with Gasteiger partial charge in [0.05, 0.1) is 17.1 Å². The number of rotatable bonds is 3. The molecule has 0 aliphatic rings. The van der Waals surface area contributed by atoms with Gasteiger partial charge in [-0.1, -0.05) is 12.1 Å². The summed E-state index contributed by atoms with van der Waals surface area (Å²) in [6, 6.07) is 13.7. The van der Waals surface area contributed by atoms with Gasteiger partial charge in [-0.3, -0.25) is 4.68 Å². The molecule has 0 saturated carbocycles. The van der Waals surface area contributed by atoms with E-state index in [1.807, 2.05) is 62.8 Å². The molecule has 7 heteroatoms. The second-order valence-corrected chi connectivity index (χ2v) is 6.23. The fourth-order valence-electron chi connectivity index (χ4n) is 3.11. The van der Waals surface area contributed by atoms with Crippen LogP contribution in [0.15, 0.2) is 55.0 Å². The predicted octanol–water partition coefficient (Wildman–Crippen LogP) is 3.10. The van der Waals surface area contributed by atoms with Crippen LogP contribution in [0.4, 0.5) is 5.82 Å². The first-order valence-corrected chi connectivity index (χ1v) is 8.38. The lowest BCUT2D eigenvalue weighted by molar-refractivity contribution is 0.756. The topological polar surface area (TPSA) is 98.3 Å². The van der Waals surface area contributed by atoms with Crippen molar-refractivity contribution in [1.29, 1.82) is 5.26 Å². The number of nitrogen functional groups attached to an aromatic ring is 1. The number of nitrogens with two attached hydrogens (primary N) is 1. The van der Waals surface area contributed by atoms with Crippen molar-refractivity contribution in [2.75, 3.05) is 5.73 Å². The summed E-state index contributed by atoms with van der Waals surface area (Å²) in [4.78, 5) is 4.42. The Morgan fingerprint density at radius 3 is 2.52 bits per heavy atom. The van der Waals surface area contributed by atoms with Crippen LogP contribution in [0.2, 0.25) is 0 Å². The lowest BCUT2D eigenvalue weighted by Crippen LogP contribution is -2.00. The van der Waals surface area contributed by atoms with Crippen molar-refractivity contribution >= 4 is 5.82 Å². The molecule has 2 N–H and O–H groups in total. The highest BCUT2D eigenvalue weighted by atomic mass is 15.3. The summed E-state index contributed by atoms with van der Waals surface area (Å²) in [5, 5.41) is 18.2. The van der Waals surface area contributed by atoms with Gasteiger partial charge in [-0.15, -0.1) is 0 Å². The lowest BCUT2D eigenvalue weighted by Gasteiger charge is -2.10. The van der Waals surface area contributed by atoms with Crippen molar-refractivity contribution in [2.45, 2.75) is 6.92 Å². The molecule has 3 heterocycles. The van der Waals surface area contributed by atoms with Gasteiger partial charge in [-0.25, -0.2) is 9.67 Å². The third kappa shape index (κ3) is 2.93. The van der Waals surface area contributed by atoms with E-state index in [4.69, 9.17) is 5.73 Å². The molecule has 0 bridgehead atoms. The molecule has 0 aliphatic heterocycles. The minimum absolute atomic E-state index is 0.212. The van der Waals surface area contributed by atoms with Gasteiger partial charge in [0.15, 0.2) is 0 Å². The van der Waals surface area contributed by atoms with E-state index in [2.05, 4.69) is 21.3 Å². The molecule has 0 saturated heterocycles. The van der Waals surface area contributed by atoms with E-state index < -0.39 is 0 Å². The van der Waals surface area contributed by atoms with Crippen LogP contribution in [0.25, 0.3) is 28.1 Å². The first-order valence-electron chi connectivity index (χ1n) is 8.38. The number of nitrogens with zero attached hydrogens (tertiary/aromatic N) is 6. The summed E-state index contributed by atoms with van der Waals surface area (Å²) < 4.78 is 3.51. The molecular weight excluding hydrogens is 338 g/mol. The highest BCUT2D eigenvalue weighted by Crippen LogP contribution is 2.32. The zero-order valence-electron chi connectivity index (χ0n) is 15.0. The summed E-state index contributed by atoms with van der Waals surface area (Å²) in [5.41, 5.74) is 11.5. The second-order valence-electron chi connectivity index (χ2n) is 6.23. The molecule has 0 atom stereocenters. The van der Waals surface area contributed by atoms with Crippen LogP contribution in [-0.2, 0) is 7.05 Å². The molecule has 0 spiro atoms. The molecule has 0 amide bonds. The largest absolute Gasteiger partial charge is 0.383 e. The van der Waals surface area contributed by atoms with Crippen LogP contribution < -0.4 is 5.73 Å². The average Bonchev–Trinajstić information content (AvgIpc) is 3.31. The van der Waals surface area contributed by atoms with E-state index >= 15 is 0 Å². The number of benzene rings is 1. The van der Waals surface area contributed by atoms with E-state index in [9.17, 15) is 5.26 Å². The zero-order valence-corrected chi connectivity index (χ0v) is 15.0. The molecule has 4 aromatic rings. The number of pyridine rings is 1. The summed E-state index contributed by atoms with van der Waals surface area (Å²) in [5.74, 6) is 0.212. The second kappa shape index (κ2) is 6.42. The molecule has 0 aliphatic carbocycles. The predicted molar refractivity (Wildman–Crippen MR) is 103 cm³/mol. The van der Waals surface area contributed by atoms with Crippen LogP contribution in [-0.4, -0.2) is 24.5 Å². The molecule has 132 valence electrons. The SMILES string of the molecule is Cc1nn(C)cc1-c1cc(-c2ccc(-n3cccn3)cc2)c(C#N)c(N)n1. The molecule has 4 rings (SSSR count). The summed E-state index contributed by atoms with van der Waals surface area (Å²) in [6.45, 7) is 1.92. The van der Waals surface area contributed by atoms with Gasteiger partial charge in [0.1, 0.15) is 17.5 Å². The Hall–Kier alpha value is -3.92. The number of hydrogen-bond acceptors (Lipinski definition) is 5. The molecular formula is C20H17N7. The van der Waals surface area contributed by atoms with Crippen molar-refractivity contribution < 1.29 is 0 Å². The molecule has 3 aromatic heterocycles. The van der Waals surface area contributed by atoms with Gasteiger partial charge in [-0.05, 0) is 36.8 Å². The average molecular weight is 355 g/mol. The van der Waals surface area contributed by atoms with E-state index in [0.717, 1.165) is 28.1 Å². The third-order valence-electron chi connectivity index (χ3n) is 4.40. The van der Waals surface area contributed by atoms with Crippen LogP contribution in [0.5, 0.6) is 0 Å². The van der Waals surface area contributed by atoms with Gasteiger partial charge in [0.2, 0.25) is 0 Å². The minimum atomic E-state index is 0.212. The minimum Gasteiger partial charge on any atom is -0.383 e. The summed E-state index contributed by atoms with van der Waals surface area (Å²) in [6.07, 6.45) is 5.50. The van der Waals surface area contributed by atoms with Gasteiger partial charge in [0.25, 0.3) is 0 Å². The highest BCUT2D eigenvalue weighted by Gasteiger charge is 2.16. The monoisotopic (exact) mass is 355 g/mol. The summed E-state index contributed by atoms with van der Waals surface area (Å²) in [7, 11) is 1.86. The zero-order chi connectivity index (χ0) is 19.0. The molecule has 0 radical (unpaired) electrons. The van der Waals surface area contributed by atoms with E-state index in [0.29, 0.717) is 11.3 Å². The fourth-order valence-corrected chi connectivity index (χ4v) is 3.11. The molecule has 0 fully saturated rings. The summed E-state index contributed by atoms with van der Waals surface area (Å²) >= 11 is 0. The Morgan fingerprint density at radius 1 is 1.15 bits per heavy atom. The van der Waals surface area contributed by atoms with Gasteiger partial charge in [0, 0.05) is 36.8 Å². The maximum atomic E-state index is 9.58. The van der Waals surface area contributed by atoms with E-state index in [1.165, 1.54) is 0 Å². The van der Waals surface area contributed by atoms with Gasteiger partial charge >= 0.3 is 0 Å². The number of aromatic nitrogens is 5. The van der Waals surface area contributed by atoms with Crippen LogP contribution >= 0.6 is 0 Å². The normalized spacial score (nSPS) is 10.7. The van der Waals surface area contributed by atoms with E-state index in [1.54, 1.807) is 15.6 Å². The highest BCUT2D eigenvalue weighted by molar-refractivity contribution is 5.80.